The van der Waals surface area contributed by atoms with Gasteiger partial charge >= 0.3 is 0 Å². The van der Waals surface area contributed by atoms with Gasteiger partial charge in [0, 0.05) is 5.69 Å². The van der Waals surface area contributed by atoms with E-state index in [1.165, 1.54) is 52.3 Å². The third kappa shape index (κ3) is 3.53. The normalized spacial score (nSPS) is 16.9. The summed E-state index contributed by atoms with van der Waals surface area (Å²) in [4.78, 5) is 11.9. The average molecular weight is 376 g/mol. The molecular weight excluding hydrogens is 342 g/mol. The van der Waals surface area contributed by atoms with Crippen LogP contribution in [0.15, 0.2) is 43.0 Å². The summed E-state index contributed by atoms with van der Waals surface area (Å²) in [6.45, 7) is 17.4. The molecule has 0 heterocycles. The Bertz CT molecular complexity index is 934. The van der Waals surface area contributed by atoms with Crippen LogP contribution in [-0.4, -0.2) is 5.91 Å². The van der Waals surface area contributed by atoms with E-state index in [4.69, 9.17) is 0 Å². The molecule has 0 saturated heterocycles. The summed E-state index contributed by atoms with van der Waals surface area (Å²) >= 11 is 0. The van der Waals surface area contributed by atoms with Crippen LogP contribution >= 0.6 is 0 Å². The molecule has 2 aromatic carbocycles. The predicted molar refractivity (Wildman–Crippen MR) is 120 cm³/mol. The van der Waals surface area contributed by atoms with Crippen molar-refractivity contribution in [3.8, 4) is 11.1 Å². The van der Waals surface area contributed by atoms with E-state index in [1.807, 2.05) is 12.1 Å². The maximum Gasteiger partial charge on any atom is 0.247 e. The minimum Gasteiger partial charge on any atom is -0.322 e. The molecule has 0 saturated carbocycles. The number of fused-ring (bicyclic) bond motifs is 1. The van der Waals surface area contributed by atoms with E-state index < -0.39 is 0 Å². The highest BCUT2D eigenvalue weighted by atomic mass is 16.1. The smallest absolute Gasteiger partial charge is 0.247 e. The van der Waals surface area contributed by atoms with Gasteiger partial charge in [0.25, 0.3) is 0 Å². The molecule has 0 spiro atoms. The van der Waals surface area contributed by atoms with E-state index in [9.17, 15) is 4.79 Å². The number of aryl methyl sites for hydroxylation is 1. The summed E-state index contributed by atoms with van der Waals surface area (Å²) in [5.74, 6) is -0.167. The fourth-order valence-corrected chi connectivity index (χ4v) is 4.67. The summed E-state index contributed by atoms with van der Waals surface area (Å²) in [6.07, 6.45) is 4.56. The monoisotopic (exact) mass is 375 g/mol. The van der Waals surface area contributed by atoms with Crippen molar-refractivity contribution in [1.29, 1.82) is 0 Å². The summed E-state index contributed by atoms with van der Waals surface area (Å²) in [5, 5.41) is 3.00. The molecule has 2 aromatic rings. The number of carbonyl (C=O) groups is 1. The first kappa shape index (κ1) is 20.4. The molecule has 0 fully saturated rings. The zero-order valence-electron chi connectivity index (χ0n) is 18.2. The maximum atomic E-state index is 11.9. The van der Waals surface area contributed by atoms with Crippen molar-refractivity contribution in [2.75, 3.05) is 5.32 Å². The van der Waals surface area contributed by atoms with Gasteiger partial charge in [-0.3, -0.25) is 4.79 Å². The first-order chi connectivity index (χ1) is 13.1. The van der Waals surface area contributed by atoms with Crippen LogP contribution in [0.4, 0.5) is 5.69 Å². The lowest BCUT2D eigenvalue weighted by molar-refractivity contribution is -0.111. The largest absolute Gasteiger partial charge is 0.322 e. The number of rotatable bonds is 4. The number of carbonyl (C=O) groups excluding carboxylic acids is 1. The Morgan fingerprint density at radius 3 is 2.43 bits per heavy atom. The molecule has 1 aliphatic carbocycles. The van der Waals surface area contributed by atoms with E-state index >= 15 is 0 Å². The van der Waals surface area contributed by atoms with Crippen molar-refractivity contribution in [3.63, 3.8) is 0 Å². The molecule has 0 unspecified atom stereocenters. The van der Waals surface area contributed by atoms with Crippen molar-refractivity contribution in [2.45, 2.75) is 71.6 Å². The van der Waals surface area contributed by atoms with Crippen LogP contribution in [0.1, 0.15) is 69.7 Å². The molecule has 0 aliphatic heterocycles. The summed E-state index contributed by atoms with van der Waals surface area (Å²) in [7, 11) is 0. The van der Waals surface area contributed by atoms with Crippen molar-refractivity contribution >= 4 is 11.6 Å². The highest BCUT2D eigenvalue weighted by molar-refractivity contribution is 6.00. The Labute approximate surface area is 170 Å². The summed E-state index contributed by atoms with van der Waals surface area (Å²) in [5.41, 5.74) is 9.15. The quantitative estimate of drug-likeness (QED) is 0.592. The second-order valence-corrected chi connectivity index (χ2v) is 9.38. The molecule has 0 aromatic heterocycles. The maximum absolute atomic E-state index is 11.9. The van der Waals surface area contributed by atoms with Gasteiger partial charge in [0.2, 0.25) is 5.91 Å². The number of amides is 1. The third-order valence-electron chi connectivity index (χ3n) is 6.33. The molecule has 28 heavy (non-hydrogen) atoms. The zero-order valence-corrected chi connectivity index (χ0v) is 18.2. The van der Waals surface area contributed by atoms with Crippen LogP contribution in [0.2, 0.25) is 0 Å². The van der Waals surface area contributed by atoms with Gasteiger partial charge in [-0.2, -0.15) is 0 Å². The molecule has 1 amide bonds. The lowest BCUT2D eigenvalue weighted by atomic mass is 9.61. The van der Waals surface area contributed by atoms with Gasteiger partial charge < -0.3 is 5.32 Å². The third-order valence-corrected chi connectivity index (χ3v) is 6.33. The Morgan fingerprint density at radius 1 is 1.11 bits per heavy atom. The Kier molecular flexibility index (Phi) is 5.27. The molecule has 0 radical (unpaired) electrons. The Balaban J connectivity index is 2.31. The lowest BCUT2D eigenvalue weighted by Crippen LogP contribution is -2.34. The first-order valence-corrected chi connectivity index (χ1v) is 10.3. The van der Waals surface area contributed by atoms with Crippen LogP contribution in [-0.2, 0) is 22.0 Å². The van der Waals surface area contributed by atoms with E-state index in [0.29, 0.717) is 0 Å². The van der Waals surface area contributed by atoms with Crippen molar-refractivity contribution < 1.29 is 4.79 Å². The number of benzene rings is 2. The molecule has 1 aliphatic rings. The second-order valence-electron chi connectivity index (χ2n) is 9.38. The van der Waals surface area contributed by atoms with Crippen molar-refractivity contribution in [3.05, 3.63) is 65.2 Å². The number of anilines is 1. The number of nitrogens with one attached hydrogen (secondary N) is 1. The van der Waals surface area contributed by atoms with Gasteiger partial charge in [-0.15, -0.1) is 0 Å². The SMILES string of the molecule is C=CC(=O)Nc1cccc(-c2cc(C)cc3c2C(C)(C)CCC3(C)C)c1CC. The minimum atomic E-state index is -0.167. The predicted octanol–water partition coefficient (Wildman–Crippen LogP) is 6.70. The van der Waals surface area contributed by atoms with Crippen LogP contribution in [0.3, 0.4) is 0 Å². The van der Waals surface area contributed by atoms with E-state index in [0.717, 1.165) is 12.1 Å². The van der Waals surface area contributed by atoms with E-state index in [2.05, 4.69) is 71.6 Å². The Hall–Kier alpha value is -2.35. The van der Waals surface area contributed by atoms with Gasteiger partial charge in [-0.25, -0.2) is 0 Å². The molecule has 1 N–H and O–H groups in total. The van der Waals surface area contributed by atoms with Gasteiger partial charge in [0.15, 0.2) is 0 Å². The fourth-order valence-electron chi connectivity index (χ4n) is 4.67. The first-order valence-electron chi connectivity index (χ1n) is 10.3. The van der Waals surface area contributed by atoms with Gasteiger partial charge in [-0.1, -0.05) is 71.0 Å². The fraction of sp³-hybridized carbons (Fsp3) is 0.423. The number of hydrogen-bond acceptors (Lipinski definition) is 1. The summed E-state index contributed by atoms with van der Waals surface area (Å²) < 4.78 is 0. The van der Waals surface area contributed by atoms with E-state index in [-0.39, 0.29) is 16.7 Å². The van der Waals surface area contributed by atoms with E-state index in [1.54, 1.807) is 0 Å². The van der Waals surface area contributed by atoms with Crippen LogP contribution in [0, 0.1) is 6.92 Å². The molecule has 2 heteroatoms. The molecule has 2 nitrogen and oxygen atoms in total. The Morgan fingerprint density at radius 2 is 1.79 bits per heavy atom. The zero-order chi connectivity index (χ0) is 20.7. The average Bonchev–Trinajstić information content (AvgIpc) is 2.64. The van der Waals surface area contributed by atoms with Crippen LogP contribution in [0.5, 0.6) is 0 Å². The van der Waals surface area contributed by atoms with Crippen molar-refractivity contribution in [2.24, 2.45) is 0 Å². The van der Waals surface area contributed by atoms with Gasteiger partial charge in [0.05, 0.1) is 0 Å². The molecule has 3 rings (SSSR count). The topological polar surface area (TPSA) is 29.1 Å². The second kappa shape index (κ2) is 7.24. The van der Waals surface area contributed by atoms with Gasteiger partial charge in [-0.05, 0) is 77.0 Å². The molecular formula is C26H33NO. The van der Waals surface area contributed by atoms with Gasteiger partial charge in [0.1, 0.15) is 0 Å². The summed E-state index contributed by atoms with van der Waals surface area (Å²) in [6, 6.07) is 10.9. The number of hydrogen-bond donors (Lipinski definition) is 1. The molecule has 148 valence electrons. The van der Waals surface area contributed by atoms with Crippen LogP contribution in [0.25, 0.3) is 11.1 Å². The molecule has 0 bridgehead atoms. The standard InChI is InChI=1S/C26H33NO/c1-8-18-19(11-10-12-22(18)27-23(28)9-2)20-15-17(3)16-21-24(20)26(6,7)14-13-25(21,4)5/h9-12,15-16H,2,8,13-14H2,1,3-7H3,(H,27,28). The highest BCUT2D eigenvalue weighted by Crippen LogP contribution is 2.50. The molecule has 0 atom stereocenters. The lowest BCUT2D eigenvalue weighted by Gasteiger charge is -2.43. The van der Waals surface area contributed by atoms with Crippen molar-refractivity contribution in [1.82, 2.24) is 0 Å². The minimum absolute atomic E-state index is 0.124. The van der Waals surface area contributed by atoms with Crippen LogP contribution < -0.4 is 5.32 Å². The highest BCUT2D eigenvalue weighted by Gasteiger charge is 2.39.